The van der Waals surface area contributed by atoms with Crippen LogP contribution >= 0.6 is 15.6 Å². The number of rotatable bonds is 75. The first kappa shape index (κ1) is 102. The zero-order chi connectivity index (χ0) is 78.9. The van der Waals surface area contributed by atoms with Gasteiger partial charge in [0.15, 0.2) is 12.2 Å². The van der Waals surface area contributed by atoms with Gasteiger partial charge in [0.2, 0.25) is 0 Å². The minimum Gasteiger partial charge on any atom is -0.462 e. The van der Waals surface area contributed by atoms with Crippen LogP contribution in [0.2, 0.25) is 0 Å². The van der Waals surface area contributed by atoms with Crippen LogP contribution in [0.25, 0.3) is 0 Å². The molecule has 19 heteroatoms. The number of ether oxygens (including phenoxy) is 4. The van der Waals surface area contributed by atoms with E-state index in [4.69, 9.17) is 37.0 Å². The number of unbranched alkanes of at least 4 members (excludes halogenated alkanes) is 19. The number of aliphatic hydroxyl groups excluding tert-OH is 1. The Hall–Kier alpha value is -5.84. The lowest BCUT2D eigenvalue weighted by atomic mass is 10.1. The van der Waals surface area contributed by atoms with E-state index in [9.17, 15) is 43.2 Å². The molecule has 0 spiro atoms. The SMILES string of the molecule is CC/C=C\C/C=C\C/C=C\C/C=C\C/C=C\C/C=C\CCC(=O)OC[C@H](COP(=O)(O)OC[C@@H](O)COP(=O)(O)OC[C@@H](COC(=O)CC/C=C\C/C=C\C/C=C\C/C=C\C/C=C\CCCCC)OC(=O)CCCCCCC/C=C\C/C=C\CCCCC)OC(=O)CCCCCCC/C=C\C/C=C\CCCCC. The fraction of sp³-hybridized carbons (Fsp3) is 0.618. The number of aliphatic hydroxyl groups is 1. The number of phosphoric acid groups is 2. The fourth-order valence-corrected chi connectivity index (χ4v) is 11.7. The molecule has 0 aromatic heterocycles. The predicted octanol–water partition coefficient (Wildman–Crippen LogP) is 24.3. The summed E-state index contributed by atoms with van der Waals surface area (Å²) in [5.41, 5.74) is 0. The van der Waals surface area contributed by atoms with Crippen molar-refractivity contribution in [2.45, 2.75) is 316 Å². The lowest BCUT2D eigenvalue weighted by molar-refractivity contribution is -0.161. The Morgan fingerprint density at radius 3 is 0.778 bits per heavy atom. The monoisotopic (exact) mass is 1550 g/mol. The van der Waals surface area contributed by atoms with E-state index in [1.54, 1.807) is 0 Å². The molecule has 3 N–H and O–H groups in total. The predicted molar refractivity (Wildman–Crippen MR) is 445 cm³/mol. The summed E-state index contributed by atoms with van der Waals surface area (Å²) in [6.07, 6.45) is 96.1. The molecular weight excluding hydrogens is 1400 g/mol. The smallest absolute Gasteiger partial charge is 0.462 e. The number of phosphoric ester groups is 2. The molecular formula is C89H144O17P2. The Balaban J connectivity index is 5.53. The third-order valence-corrected chi connectivity index (χ3v) is 18.3. The van der Waals surface area contributed by atoms with Gasteiger partial charge in [-0.1, -0.05) is 287 Å². The van der Waals surface area contributed by atoms with Crippen molar-refractivity contribution >= 4 is 39.5 Å². The van der Waals surface area contributed by atoms with Crippen molar-refractivity contribution < 1.29 is 80.2 Å². The van der Waals surface area contributed by atoms with E-state index < -0.39 is 97.5 Å². The number of hydrogen-bond donors (Lipinski definition) is 3. The molecule has 108 heavy (non-hydrogen) atoms. The lowest BCUT2D eigenvalue weighted by Gasteiger charge is -2.21. The molecule has 0 saturated heterocycles. The molecule has 0 bridgehead atoms. The van der Waals surface area contributed by atoms with Gasteiger partial charge in [-0.05, 0) is 167 Å². The summed E-state index contributed by atoms with van der Waals surface area (Å²) in [4.78, 5) is 73.1. The van der Waals surface area contributed by atoms with E-state index in [2.05, 4.69) is 174 Å². The van der Waals surface area contributed by atoms with Crippen molar-refractivity contribution in [3.05, 3.63) is 182 Å². The summed E-state index contributed by atoms with van der Waals surface area (Å²) >= 11 is 0. The first-order valence-corrected chi connectivity index (χ1v) is 44.0. The van der Waals surface area contributed by atoms with Gasteiger partial charge in [0.1, 0.15) is 19.3 Å². The third-order valence-electron chi connectivity index (χ3n) is 16.4. The van der Waals surface area contributed by atoms with Crippen LogP contribution in [0.1, 0.15) is 297 Å². The molecule has 0 radical (unpaired) electrons. The van der Waals surface area contributed by atoms with E-state index in [1.165, 1.54) is 57.8 Å². The Morgan fingerprint density at radius 1 is 0.269 bits per heavy atom. The maximum Gasteiger partial charge on any atom is 0.472 e. The summed E-state index contributed by atoms with van der Waals surface area (Å²) in [6.45, 7) is 4.46. The van der Waals surface area contributed by atoms with Crippen molar-refractivity contribution in [1.82, 2.24) is 0 Å². The zero-order valence-electron chi connectivity index (χ0n) is 66.9. The molecule has 612 valence electrons. The van der Waals surface area contributed by atoms with Crippen LogP contribution in [0.5, 0.6) is 0 Å². The van der Waals surface area contributed by atoms with Gasteiger partial charge in [-0.2, -0.15) is 0 Å². The van der Waals surface area contributed by atoms with Gasteiger partial charge < -0.3 is 33.8 Å². The topological polar surface area (TPSA) is 237 Å². The van der Waals surface area contributed by atoms with Gasteiger partial charge in [0, 0.05) is 25.7 Å². The second kappa shape index (κ2) is 79.3. The van der Waals surface area contributed by atoms with Crippen LogP contribution in [0.3, 0.4) is 0 Å². The highest BCUT2D eigenvalue weighted by Gasteiger charge is 2.30. The van der Waals surface area contributed by atoms with Crippen molar-refractivity contribution in [3.63, 3.8) is 0 Å². The van der Waals surface area contributed by atoms with Crippen molar-refractivity contribution in [1.29, 1.82) is 0 Å². The van der Waals surface area contributed by atoms with Crippen LogP contribution in [0.4, 0.5) is 0 Å². The minimum absolute atomic E-state index is 0.0250. The molecule has 0 saturated carbocycles. The molecule has 0 aromatic rings. The zero-order valence-corrected chi connectivity index (χ0v) is 68.7. The summed E-state index contributed by atoms with van der Waals surface area (Å²) in [5.74, 6) is -2.41. The molecule has 0 fully saturated rings. The van der Waals surface area contributed by atoms with Crippen LogP contribution in [-0.4, -0.2) is 96.7 Å². The molecule has 0 rings (SSSR count). The first-order chi connectivity index (χ1) is 52.7. The summed E-state index contributed by atoms with van der Waals surface area (Å²) < 4.78 is 68.5. The van der Waals surface area contributed by atoms with Crippen molar-refractivity contribution in [2.24, 2.45) is 0 Å². The largest absolute Gasteiger partial charge is 0.472 e. The normalized spacial score (nSPS) is 14.8. The molecule has 2 unspecified atom stereocenters. The molecule has 0 amide bonds. The average molecular weight is 1550 g/mol. The van der Waals surface area contributed by atoms with Gasteiger partial charge in [-0.15, -0.1) is 0 Å². The highest BCUT2D eigenvalue weighted by Crippen LogP contribution is 2.45. The second-order valence-corrected chi connectivity index (χ2v) is 29.5. The Morgan fingerprint density at radius 2 is 0.500 bits per heavy atom. The molecule has 0 aliphatic heterocycles. The van der Waals surface area contributed by atoms with Gasteiger partial charge >= 0.3 is 39.5 Å². The number of esters is 4. The molecule has 0 aromatic carbocycles. The summed E-state index contributed by atoms with van der Waals surface area (Å²) in [5, 5.41) is 10.7. The number of carbonyl (C=O) groups excluding carboxylic acids is 4. The molecule has 17 nitrogen and oxygen atoms in total. The van der Waals surface area contributed by atoms with Crippen LogP contribution in [-0.2, 0) is 65.4 Å². The van der Waals surface area contributed by atoms with E-state index in [0.29, 0.717) is 38.5 Å². The average Bonchev–Trinajstić information content (AvgIpc) is 0.923. The Kier molecular flexibility index (Phi) is 75.0. The maximum absolute atomic E-state index is 13.1. The lowest BCUT2D eigenvalue weighted by Crippen LogP contribution is -2.30. The third kappa shape index (κ3) is 78.3. The van der Waals surface area contributed by atoms with Crippen LogP contribution in [0.15, 0.2) is 182 Å². The Bertz CT molecular complexity index is 2760. The van der Waals surface area contributed by atoms with E-state index >= 15 is 0 Å². The Labute approximate surface area is 654 Å². The highest BCUT2D eigenvalue weighted by atomic mass is 31.2. The molecule has 0 heterocycles. The van der Waals surface area contributed by atoms with Gasteiger partial charge in [0.25, 0.3) is 0 Å². The molecule has 0 aliphatic rings. The van der Waals surface area contributed by atoms with E-state index in [0.717, 1.165) is 148 Å². The molecule has 5 atom stereocenters. The van der Waals surface area contributed by atoms with Gasteiger partial charge in [0.05, 0.1) is 26.4 Å². The van der Waals surface area contributed by atoms with E-state index in [1.807, 2.05) is 36.5 Å². The standard InChI is InChI=1S/C89H144O17P2/c1-5-9-13-17-21-25-29-33-37-39-41-43-47-49-53-57-61-65-69-73-86(91)99-79-84(105-88(93)75-71-67-63-59-55-51-45-35-31-27-23-19-15-11-7-3)81-103-107(95,96)101-77-83(90)78-102-108(97,98)104-82-85(106-89(94)76-72-68-64-60-56-52-46-36-32-28-24-20-16-12-8-4)80-100-87(92)74-70-66-62-58-54-50-48-44-42-40-38-34-30-26-22-18-14-10-6-2/h9,13,21-28,33-38,41-46,49-50,53-54,61-62,65-66,83-85,90H,5-8,10-12,14-20,29-32,39-40,47-48,51-52,55-60,63-64,67-82H2,1-4H3,(H,95,96)(H,97,98)/b13-9-,25-21-,26-22-,27-23-,28-24-,37-33-,38-34-,43-41-,44-42-,45-35-,46-36-,53-49-,54-50-,65-61-,66-62-/t83-,84-,85-/m1/s1. The first-order valence-electron chi connectivity index (χ1n) is 41.0. The maximum atomic E-state index is 13.1. The quantitative estimate of drug-likeness (QED) is 0.0169. The summed E-state index contributed by atoms with van der Waals surface area (Å²) in [6, 6.07) is 0. The van der Waals surface area contributed by atoms with E-state index in [-0.39, 0.29) is 25.7 Å². The molecule has 0 aliphatic carbocycles. The highest BCUT2D eigenvalue weighted by molar-refractivity contribution is 7.47. The van der Waals surface area contributed by atoms with Crippen molar-refractivity contribution in [2.75, 3.05) is 39.6 Å². The van der Waals surface area contributed by atoms with Gasteiger partial charge in [-0.3, -0.25) is 37.3 Å². The second-order valence-electron chi connectivity index (χ2n) is 26.6. The number of allylic oxidation sites excluding steroid dienone is 30. The fourth-order valence-electron chi connectivity index (χ4n) is 10.1. The minimum atomic E-state index is -5.01. The number of hydrogen-bond acceptors (Lipinski definition) is 15. The van der Waals surface area contributed by atoms with Crippen molar-refractivity contribution in [3.8, 4) is 0 Å². The van der Waals surface area contributed by atoms with Gasteiger partial charge in [-0.25, -0.2) is 9.13 Å². The summed E-state index contributed by atoms with van der Waals surface area (Å²) in [7, 11) is -10.0. The number of carbonyl (C=O) groups is 4. The van der Waals surface area contributed by atoms with Crippen LogP contribution < -0.4 is 0 Å². The van der Waals surface area contributed by atoms with Crippen LogP contribution in [0, 0.1) is 0 Å².